The molecule has 1 saturated carbocycles. The molecule has 2 amide bonds. The molecule has 29 heavy (non-hydrogen) atoms. The summed E-state index contributed by atoms with van der Waals surface area (Å²) in [5.41, 5.74) is 2.42. The predicted octanol–water partition coefficient (Wildman–Crippen LogP) is 4.23. The Morgan fingerprint density at radius 3 is 2.41 bits per heavy atom. The second-order valence-electron chi connectivity index (χ2n) is 7.96. The van der Waals surface area contributed by atoms with Crippen LogP contribution in [0, 0.1) is 0 Å². The third-order valence-corrected chi connectivity index (χ3v) is 6.05. The lowest BCUT2D eigenvalue weighted by Crippen LogP contribution is -2.47. The molecule has 0 spiro atoms. The number of amides is 2. The molecule has 2 aromatic rings. The van der Waals surface area contributed by atoms with Crippen LogP contribution >= 0.6 is 0 Å². The highest BCUT2D eigenvalue weighted by molar-refractivity contribution is 6.08. The Balaban J connectivity index is 1.67. The van der Waals surface area contributed by atoms with E-state index < -0.39 is 0 Å². The Hall–Kier alpha value is -2.82. The first-order valence-corrected chi connectivity index (χ1v) is 10.4. The molecular formula is C24H28N2O3. The van der Waals surface area contributed by atoms with E-state index in [1.165, 1.54) is 0 Å². The topological polar surface area (TPSA) is 49.9 Å². The summed E-state index contributed by atoms with van der Waals surface area (Å²) in [6, 6.07) is 15.4. The van der Waals surface area contributed by atoms with E-state index in [0.29, 0.717) is 18.0 Å². The molecule has 2 aromatic carbocycles. The number of benzene rings is 2. The predicted molar refractivity (Wildman–Crippen MR) is 113 cm³/mol. The SMILES string of the molecule is CCN(C(=O)[C@@H]1C[C@@H](C)N(C(=O)c2ccc(OC)cc2)c2ccccc21)C1CC1. The van der Waals surface area contributed by atoms with Crippen LogP contribution in [0.25, 0.3) is 0 Å². The summed E-state index contributed by atoms with van der Waals surface area (Å²) < 4.78 is 5.20. The first-order valence-electron chi connectivity index (χ1n) is 10.4. The molecule has 2 aliphatic rings. The van der Waals surface area contributed by atoms with Crippen molar-refractivity contribution in [2.75, 3.05) is 18.6 Å². The minimum absolute atomic E-state index is 0.0481. The molecule has 4 rings (SSSR count). The molecule has 1 fully saturated rings. The van der Waals surface area contributed by atoms with Gasteiger partial charge in [-0.3, -0.25) is 9.59 Å². The molecule has 1 aliphatic heterocycles. The summed E-state index contributed by atoms with van der Waals surface area (Å²) in [6.45, 7) is 4.82. The Kier molecular flexibility index (Phi) is 5.31. The Morgan fingerprint density at radius 1 is 1.10 bits per heavy atom. The summed E-state index contributed by atoms with van der Waals surface area (Å²) in [4.78, 5) is 30.6. The maximum Gasteiger partial charge on any atom is 0.258 e. The zero-order valence-corrected chi connectivity index (χ0v) is 17.3. The van der Waals surface area contributed by atoms with E-state index in [9.17, 15) is 9.59 Å². The molecule has 0 bridgehead atoms. The van der Waals surface area contributed by atoms with E-state index in [0.717, 1.165) is 36.4 Å². The smallest absolute Gasteiger partial charge is 0.258 e. The number of hydrogen-bond donors (Lipinski definition) is 0. The third kappa shape index (κ3) is 3.61. The standard InChI is InChI=1S/C24H28N2O3/c1-4-25(18-11-12-18)24(28)21-15-16(2)26(22-8-6-5-7-20(21)22)23(27)17-9-13-19(29-3)14-10-17/h5-10,13-14,16,18,21H,4,11-12,15H2,1-3H3/t16-,21-/m1/s1. The van der Waals surface area contributed by atoms with Gasteiger partial charge in [0.2, 0.25) is 5.91 Å². The molecule has 0 saturated heterocycles. The monoisotopic (exact) mass is 392 g/mol. The minimum Gasteiger partial charge on any atom is -0.497 e. The average Bonchev–Trinajstić information content (AvgIpc) is 3.58. The zero-order valence-electron chi connectivity index (χ0n) is 17.3. The Labute approximate surface area is 172 Å². The van der Waals surface area contributed by atoms with Crippen LogP contribution in [0.1, 0.15) is 54.9 Å². The molecule has 0 aromatic heterocycles. The van der Waals surface area contributed by atoms with Gasteiger partial charge in [0.15, 0.2) is 0 Å². The number of methoxy groups -OCH3 is 1. The van der Waals surface area contributed by atoms with E-state index in [1.54, 1.807) is 31.4 Å². The largest absolute Gasteiger partial charge is 0.497 e. The highest BCUT2D eigenvalue weighted by atomic mass is 16.5. The first-order chi connectivity index (χ1) is 14.0. The molecular weight excluding hydrogens is 364 g/mol. The van der Waals surface area contributed by atoms with Gasteiger partial charge in [-0.05, 0) is 69.0 Å². The van der Waals surface area contributed by atoms with Crippen molar-refractivity contribution >= 4 is 17.5 Å². The fraction of sp³-hybridized carbons (Fsp3) is 0.417. The fourth-order valence-electron chi connectivity index (χ4n) is 4.41. The summed E-state index contributed by atoms with van der Waals surface area (Å²) in [6.07, 6.45) is 2.85. The molecule has 0 radical (unpaired) electrons. The van der Waals surface area contributed by atoms with Crippen LogP contribution in [-0.2, 0) is 4.79 Å². The van der Waals surface area contributed by atoms with Gasteiger partial charge in [0, 0.05) is 29.9 Å². The number of anilines is 1. The van der Waals surface area contributed by atoms with Gasteiger partial charge in [0.05, 0.1) is 13.0 Å². The summed E-state index contributed by atoms with van der Waals surface area (Å²) in [5, 5.41) is 0. The van der Waals surface area contributed by atoms with Crippen LogP contribution in [0.2, 0.25) is 0 Å². The fourth-order valence-corrected chi connectivity index (χ4v) is 4.41. The number of carbonyl (C=O) groups is 2. The van der Waals surface area contributed by atoms with Crippen LogP contribution in [-0.4, -0.2) is 42.5 Å². The van der Waals surface area contributed by atoms with Crippen LogP contribution in [0.3, 0.4) is 0 Å². The second-order valence-corrected chi connectivity index (χ2v) is 7.96. The van der Waals surface area contributed by atoms with Crippen molar-refractivity contribution in [2.45, 2.75) is 51.1 Å². The van der Waals surface area contributed by atoms with Crippen molar-refractivity contribution in [2.24, 2.45) is 0 Å². The number of carbonyl (C=O) groups excluding carboxylic acids is 2. The van der Waals surface area contributed by atoms with Crippen molar-refractivity contribution in [3.8, 4) is 5.75 Å². The molecule has 152 valence electrons. The van der Waals surface area contributed by atoms with Crippen LogP contribution in [0.4, 0.5) is 5.69 Å². The molecule has 0 N–H and O–H groups in total. The van der Waals surface area contributed by atoms with Crippen molar-refractivity contribution in [3.05, 3.63) is 59.7 Å². The number of para-hydroxylation sites is 1. The van der Waals surface area contributed by atoms with Gasteiger partial charge in [-0.2, -0.15) is 0 Å². The van der Waals surface area contributed by atoms with Crippen LogP contribution in [0.5, 0.6) is 5.75 Å². The first kappa shape index (κ1) is 19.5. The van der Waals surface area contributed by atoms with Gasteiger partial charge in [-0.25, -0.2) is 0 Å². The van der Waals surface area contributed by atoms with Crippen molar-refractivity contribution in [1.82, 2.24) is 4.90 Å². The maximum atomic E-state index is 13.3. The number of rotatable bonds is 5. The highest BCUT2D eigenvalue weighted by Gasteiger charge is 2.41. The van der Waals surface area contributed by atoms with Crippen molar-refractivity contribution in [1.29, 1.82) is 0 Å². The lowest BCUT2D eigenvalue weighted by Gasteiger charge is -2.40. The Morgan fingerprint density at radius 2 is 1.79 bits per heavy atom. The highest BCUT2D eigenvalue weighted by Crippen LogP contribution is 2.41. The van der Waals surface area contributed by atoms with Gasteiger partial charge in [-0.1, -0.05) is 18.2 Å². The van der Waals surface area contributed by atoms with Gasteiger partial charge >= 0.3 is 0 Å². The van der Waals surface area contributed by atoms with E-state index in [-0.39, 0.29) is 23.8 Å². The van der Waals surface area contributed by atoms with Gasteiger partial charge in [0.25, 0.3) is 5.91 Å². The van der Waals surface area contributed by atoms with Crippen molar-refractivity contribution in [3.63, 3.8) is 0 Å². The second kappa shape index (κ2) is 7.90. The van der Waals surface area contributed by atoms with Crippen LogP contribution in [0.15, 0.2) is 48.5 Å². The van der Waals surface area contributed by atoms with Gasteiger partial charge < -0.3 is 14.5 Å². The number of hydrogen-bond acceptors (Lipinski definition) is 3. The molecule has 1 aliphatic carbocycles. The molecule has 5 heteroatoms. The summed E-state index contributed by atoms with van der Waals surface area (Å²) in [5.74, 6) is 0.680. The van der Waals surface area contributed by atoms with Gasteiger partial charge in [0.1, 0.15) is 5.75 Å². The van der Waals surface area contributed by atoms with E-state index in [1.807, 2.05) is 47.9 Å². The lowest BCUT2D eigenvalue weighted by molar-refractivity contribution is -0.133. The third-order valence-electron chi connectivity index (χ3n) is 6.05. The van der Waals surface area contributed by atoms with E-state index >= 15 is 0 Å². The summed E-state index contributed by atoms with van der Waals surface area (Å²) in [7, 11) is 1.61. The average molecular weight is 392 g/mol. The summed E-state index contributed by atoms with van der Waals surface area (Å²) >= 11 is 0. The number of nitrogens with zero attached hydrogens (tertiary/aromatic N) is 2. The number of fused-ring (bicyclic) bond motifs is 1. The Bertz CT molecular complexity index is 905. The van der Waals surface area contributed by atoms with E-state index in [2.05, 4.69) is 0 Å². The van der Waals surface area contributed by atoms with Crippen LogP contribution < -0.4 is 9.64 Å². The minimum atomic E-state index is -0.193. The lowest BCUT2D eigenvalue weighted by atomic mass is 9.84. The maximum absolute atomic E-state index is 13.3. The normalized spacial score (nSPS) is 20.7. The van der Waals surface area contributed by atoms with Crippen molar-refractivity contribution < 1.29 is 14.3 Å². The van der Waals surface area contributed by atoms with E-state index in [4.69, 9.17) is 4.74 Å². The quantitative estimate of drug-likeness (QED) is 0.765. The number of likely N-dealkylation sites (N-methyl/N-ethyl adjacent to an activating group) is 1. The molecule has 2 atom stereocenters. The molecule has 0 unspecified atom stereocenters. The van der Waals surface area contributed by atoms with Gasteiger partial charge in [-0.15, -0.1) is 0 Å². The molecule has 1 heterocycles. The molecule has 5 nitrogen and oxygen atoms in total. The number of ether oxygens (including phenoxy) is 1. The zero-order chi connectivity index (χ0) is 20.5.